The van der Waals surface area contributed by atoms with E-state index in [0.29, 0.717) is 36.5 Å². The molecular weight excluding hydrogens is 395 g/mol. The van der Waals surface area contributed by atoms with Gasteiger partial charge in [-0.25, -0.2) is 9.37 Å². The average molecular weight is 416 g/mol. The highest BCUT2D eigenvalue weighted by atomic mass is 32.1. The van der Waals surface area contributed by atoms with Crippen molar-refractivity contribution in [3.8, 4) is 10.6 Å². The SMILES string of the molecule is Cc1nn(C)c2sc(-c3nc(NC4CCOCC4N)c(F)c4c3C(=O)NC4)cc12. The van der Waals surface area contributed by atoms with E-state index in [0.717, 1.165) is 20.8 Å². The lowest BCUT2D eigenvalue weighted by Crippen LogP contribution is -2.48. The molecule has 0 radical (unpaired) electrons. The molecule has 1 amide bonds. The Balaban J connectivity index is 1.64. The van der Waals surface area contributed by atoms with Crippen molar-refractivity contribution in [3.63, 3.8) is 0 Å². The van der Waals surface area contributed by atoms with Gasteiger partial charge in [0.2, 0.25) is 0 Å². The van der Waals surface area contributed by atoms with Gasteiger partial charge in [0, 0.05) is 43.2 Å². The maximum absolute atomic E-state index is 15.2. The van der Waals surface area contributed by atoms with Gasteiger partial charge in [0.15, 0.2) is 11.6 Å². The number of hydrogen-bond donors (Lipinski definition) is 3. The topological polar surface area (TPSA) is 107 Å². The van der Waals surface area contributed by atoms with Crippen LogP contribution in [0.3, 0.4) is 0 Å². The Morgan fingerprint density at radius 1 is 1.48 bits per heavy atom. The van der Waals surface area contributed by atoms with Crippen LogP contribution in [0.2, 0.25) is 0 Å². The number of thiophene rings is 1. The zero-order chi connectivity index (χ0) is 20.3. The number of anilines is 1. The van der Waals surface area contributed by atoms with E-state index < -0.39 is 5.82 Å². The lowest BCUT2D eigenvalue weighted by Gasteiger charge is -2.30. The van der Waals surface area contributed by atoms with Crippen molar-refractivity contribution in [1.29, 1.82) is 0 Å². The zero-order valence-corrected chi connectivity index (χ0v) is 16.9. The third-order valence-corrected chi connectivity index (χ3v) is 6.75. The highest BCUT2D eigenvalue weighted by molar-refractivity contribution is 7.21. The van der Waals surface area contributed by atoms with Crippen LogP contribution in [0.15, 0.2) is 6.07 Å². The minimum absolute atomic E-state index is 0.130. The Bertz CT molecular complexity index is 1110. The first-order chi connectivity index (χ1) is 13.9. The summed E-state index contributed by atoms with van der Waals surface area (Å²) in [6, 6.07) is 1.58. The molecule has 0 spiro atoms. The number of aryl methyl sites for hydroxylation is 2. The highest BCUT2D eigenvalue weighted by Gasteiger charge is 2.32. The maximum atomic E-state index is 15.2. The molecule has 4 N–H and O–H groups in total. The van der Waals surface area contributed by atoms with Crippen LogP contribution in [0.25, 0.3) is 20.8 Å². The average Bonchev–Trinajstić information content (AvgIpc) is 3.36. The number of nitrogens with one attached hydrogen (secondary N) is 2. The van der Waals surface area contributed by atoms with Gasteiger partial charge in [-0.3, -0.25) is 9.48 Å². The lowest BCUT2D eigenvalue weighted by molar-refractivity contribution is 0.0751. The molecule has 0 aromatic carbocycles. The smallest absolute Gasteiger partial charge is 0.254 e. The van der Waals surface area contributed by atoms with Crippen LogP contribution in [0.4, 0.5) is 10.2 Å². The summed E-state index contributed by atoms with van der Waals surface area (Å²) in [5, 5.41) is 11.3. The second-order valence-corrected chi connectivity index (χ2v) is 8.51. The van der Waals surface area contributed by atoms with Gasteiger partial charge in [0.05, 0.1) is 28.4 Å². The van der Waals surface area contributed by atoms with Gasteiger partial charge in [-0.2, -0.15) is 5.10 Å². The zero-order valence-electron chi connectivity index (χ0n) is 16.1. The van der Waals surface area contributed by atoms with E-state index in [2.05, 4.69) is 20.7 Å². The summed E-state index contributed by atoms with van der Waals surface area (Å²) in [6.45, 7) is 3.07. The second-order valence-electron chi connectivity index (χ2n) is 7.48. The molecule has 3 aromatic heterocycles. The number of aromatic nitrogens is 3. The van der Waals surface area contributed by atoms with Crippen LogP contribution in [-0.4, -0.2) is 46.0 Å². The number of halogens is 1. The number of pyridine rings is 1. The van der Waals surface area contributed by atoms with E-state index in [9.17, 15) is 4.79 Å². The van der Waals surface area contributed by atoms with Crippen molar-refractivity contribution in [1.82, 2.24) is 20.1 Å². The van der Waals surface area contributed by atoms with E-state index >= 15 is 4.39 Å². The first-order valence-corrected chi connectivity index (χ1v) is 10.3. The van der Waals surface area contributed by atoms with Gasteiger partial charge in [0.1, 0.15) is 4.83 Å². The highest BCUT2D eigenvalue weighted by Crippen LogP contribution is 2.39. The Morgan fingerprint density at radius 2 is 2.31 bits per heavy atom. The Labute approximate surface area is 170 Å². The summed E-state index contributed by atoms with van der Waals surface area (Å²) in [5.74, 6) is -0.673. The molecular formula is C19H21FN6O2S. The second kappa shape index (κ2) is 6.75. The van der Waals surface area contributed by atoms with Crippen molar-refractivity contribution >= 4 is 33.3 Å². The molecule has 0 saturated carbocycles. The molecule has 1 fully saturated rings. The number of fused-ring (bicyclic) bond motifs is 2. The lowest BCUT2D eigenvalue weighted by atomic mass is 10.0. The summed E-state index contributed by atoms with van der Waals surface area (Å²) in [6.07, 6.45) is 0.666. The maximum Gasteiger partial charge on any atom is 0.254 e. The van der Waals surface area contributed by atoms with Crippen molar-refractivity contribution in [2.24, 2.45) is 12.8 Å². The fraction of sp³-hybridized carbons (Fsp3) is 0.421. The first kappa shape index (κ1) is 18.5. The Morgan fingerprint density at radius 3 is 3.07 bits per heavy atom. The van der Waals surface area contributed by atoms with Gasteiger partial charge in [-0.15, -0.1) is 11.3 Å². The number of carbonyl (C=O) groups excluding carboxylic acids is 1. The van der Waals surface area contributed by atoms with Gasteiger partial charge >= 0.3 is 0 Å². The van der Waals surface area contributed by atoms with Crippen molar-refractivity contribution in [3.05, 3.63) is 28.7 Å². The fourth-order valence-electron chi connectivity index (χ4n) is 3.99. The molecule has 0 aliphatic carbocycles. The minimum Gasteiger partial charge on any atom is -0.380 e. The van der Waals surface area contributed by atoms with Crippen LogP contribution in [0.1, 0.15) is 28.0 Å². The predicted molar refractivity (Wildman–Crippen MR) is 109 cm³/mol. The molecule has 2 unspecified atom stereocenters. The van der Waals surface area contributed by atoms with Crippen molar-refractivity contribution < 1.29 is 13.9 Å². The Hall–Kier alpha value is -2.56. The van der Waals surface area contributed by atoms with E-state index in [-0.39, 0.29) is 30.4 Å². The fourth-order valence-corrected chi connectivity index (χ4v) is 5.11. The quantitative estimate of drug-likeness (QED) is 0.602. The normalized spacial score (nSPS) is 21.4. The van der Waals surface area contributed by atoms with Crippen molar-refractivity contribution in [2.45, 2.75) is 32.0 Å². The number of ether oxygens (including phenoxy) is 1. The summed E-state index contributed by atoms with van der Waals surface area (Å²) < 4.78 is 22.4. The summed E-state index contributed by atoms with van der Waals surface area (Å²) in [4.78, 5) is 18.8. The number of nitrogens with two attached hydrogens (primary N) is 1. The number of hydrogen-bond acceptors (Lipinski definition) is 7. The third kappa shape index (κ3) is 2.90. The molecule has 2 aliphatic rings. The Kier molecular flexibility index (Phi) is 4.30. The molecule has 5 rings (SSSR count). The first-order valence-electron chi connectivity index (χ1n) is 9.48. The molecule has 8 nitrogen and oxygen atoms in total. The molecule has 3 aromatic rings. The van der Waals surface area contributed by atoms with Gasteiger partial charge in [0.25, 0.3) is 5.91 Å². The van der Waals surface area contributed by atoms with E-state index in [1.54, 1.807) is 0 Å². The molecule has 5 heterocycles. The van der Waals surface area contributed by atoms with Gasteiger partial charge in [-0.1, -0.05) is 0 Å². The van der Waals surface area contributed by atoms with Crippen molar-refractivity contribution in [2.75, 3.05) is 18.5 Å². The molecule has 1 saturated heterocycles. The van der Waals surface area contributed by atoms with Crippen LogP contribution >= 0.6 is 11.3 Å². The third-order valence-electron chi connectivity index (χ3n) is 5.54. The van der Waals surface area contributed by atoms with E-state index in [1.165, 1.54) is 11.3 Å². The van der Waals surface area contributed by atoms with E-state index in [4.69, 9.17) is 10.5 Å². The number of rotatable bonds is 3. The molecule has 2 atom stereocenters. The summed E-state index contributed by atoms with van der Waals surface area (Å²) >= 11 is 1.49. The molecule has 2 aliphatic heterocycles. The number of carbonyl (C=O) groups is 1. The van der Waals surface area contributed by atoms with Gasteiger partial charge < -0.3 is 21.1 Å². The molecule has 29 heavy (non-hydrogen) atoms. The van der Waals surface area contributed by atoms with Gasteiger partial charge in [-0.05, 0) is 19.4 Å². The summed E-state index contributed by atoms with van der Waals surface area (Å²) in [5.41, 5.74) is 8.16. The monoisotopic (exact) mass is 416 g/mol. The standard InChI is InChI=1S/C19H21FN6O2S/c1-8-9-5-13(29-19(9)26(2)25-8)16-14-10(6-22-18(14)27)15(20)17(24-16)23-12-3-4-28-7-11(12)21/h5,11-12H,3-4,6-7,21H2,1-2H3,(H,22,27)(H,23,24). The largest absolute Gasteiger partial charge is 0.380 e. The van der Waals surface area contributed by atoms with Crippen LogP contribution in [0.5, 0.6) is 0 Å². The van der Waals surface area contributed by atoms with E-state index in [1.807, 2.05) is 24.7 Å². The molecule has 0 bridgehead atoms. The van der Waals surface area contributed by atoms with Crippen LogP contribution < -0.4 is 16.4 Å². The summed E-state index contributed by atoms with van der Waals surface area (Å²) in [7, 11) is 1.88. The van der Waals surface area contributed by atoms with Crippen LogP contribution in [-0.2, 0) is 18.3 Å². The number of nitrogens with zero attached hydrogens (tertiary/aromatic N) is 3. The predicted octanol–water partition coefficient (Wildman–Crippen LogP) is 1.92. The molecule has 10 heteroatoms. The number of amides is 1. The molecule has 152 valence electrons. The minimum atomic E-state index is -0.500. The van der Waals surface area contributed by atoms with Crippen LogP contribution in [0, 0.1) is 12.7 Å².